The number of rotatable bonds is 3. The summed E-state index contributed by atoms with van der Waals surface area (Å²) in [6.45, 7) is 3.90. The van der Waals surface area contributed by atoms with E-state index in [0.29, 0.717) is 0 Å². The molecule has 2 rings (SSSR count). The molecule has 3 N–H and O–H groups in total. The fraction of sp³-hybridized carbons (Fsp3) is 0.188. The average molecular weight is 272 g/mol. The summed E-state index contributed by atoms with van der Waals surface area (Å²) in [5.41, 5.74) is 8.24. The molecular formula is C16H17FN2O. The van der Waals surface area contributed by atoms with Gasteiger partial charge in [0.15, 0.2) is 0 Å². The lowest BCUT2D eigenvalue weighted by molar-refractivity contribution is 0.0941. The molecule has 0 radical (unpaired) electrons. The van der Waals surface area contributed by atoms with E-state index in [1.54, 1.807) is 0 Å². The standard InChI is InChI=1S/C16H17FN2O/c1-10-3-5-12(6-4-10)11(2)19-16(20)14-8-7-13(17)9-15(14)18/h3-9,11H,18H2,1-2H3,(H,19,20). The number of carbonyl (C=O) groups is 1. The Morgan fingerprint density at radius 3 is 2.45 bits per heavy atom. The molecule has 0 aromatic heterocycles. The van der Waals surface area contributed by atoms with Gasteiger partial charge in [0.25, 0.3) is 5.91 Å². The van der Waals surface area contributed by atoms with Crippen molar-refractivity contribution in [3.05, 3.63) is 65.0 Å². The van der Waals surface area contributed by atoms with E-state index in [-0.39, 0.29) is 23.2 Å². The summed E-state index contributed by atoms with van der Waals surface area (Å²) in [5.74, 6) is -0.763. The lowest BCUT2D eigenvalue weighted by Crippen LogP contribution is -2.27. The van der Waals surface area contributed by atoms with E-state index in [1.807, 2.05) is 38.1 Å². The Balaban J connectivity index is 2.13. The van der Waals surface area contributed by atoms with Gasteiger partial charge in [-0.1, -0.05) is 29.8 Å². The Kier molecular flexibility index (Phi) is 4.03. The van der Waals surface area contributed by atoms with E-state index < -0.39 is 5.82 Å². The highest BCUT2D eigenvalue weighted by atomic mass is 19.1. The first-order valence-corrected chi connectivity index (χ1v) is 6.40. The fourth-order valence-corrected chi connectivity index (χ4v) is 1.95. The molecule has 0 fully saturated rings. The number of hydrogen-bond acceptors (Lipinski definition) is 2. The Labute approximate surface area is 117 Å². The zero-order valence-electron chi connectivity index (χ0n) is 11.5. The van der Waals surface area contributed by atoms with Gasteiger partial charge in [-0.25, -0.2) is 4.39 Å². The van der Waals surface area contributed by atoms with Crippen LogP contribution < -0.4 is 11.1 Å². The van der Waals surface area contributed by atoms with Gasteiger partial charge in [-0.2, -0.15) is 0 Å². The Bertz CT molecular complexity index is 623. The van der Waals surface area contributed by atoms with Crippen molar-refractivity contribution in [3.8, 4) is 0 Å². The van der Waals surface area contributed by atoms with Crippen LogP contribution in [-0.2, 0) is 0 Å². The topological polar surface area (TPSA) is 55.1 Å². The van der Waals surface area contributed by atoms with Crippen LogP contribution in [0.3, 0.4) is 0 Å². The second kappa shape index (κ2) is 5.74. The molecule has 0 aliphatic heterocycles. The summed E-state index contributed by atoms with van der Waals surface area (Å²) in [6, 6.07) is 11.5. The van der Waals surface area contributed by atoms with E-state index in [2.05, 4.69) is 5.32 Å². The number of halogens is 1. The number of anilines is 1. The van der Waals surface area contributed by atoms with E-state index in [0.717, 1.165) is 17.2 Å². The first-order chi connectivity index (χ1) is 9.47. The molecule has 4 heteroatoms. The van der Waals surface area contributed by atoms with Gasteiger partial charge >= 0.3 is 0 Å². The van der Waals surface area contributed by atoms with Crippen LogP contribution >= 0.6 is 0 Å². The maximum atomic E-state index is 13.0. The Morgan fingerprint density at radius 2 is 1.85 bits per heavy atom. The summed E-state index contributed by atoms with van der Waals surface area (Å²) in [5, 5.41) is 2.85. The third kappa shape index (κ3) is 3.15. The van der Waals surface area contributed by atoms with Crippen LogP contribution in [0, 0.1) is 12.7 Å². The summed E-state index contributed by atoms with van der Waals surface area (Å²) >= 11 is 0. The second-order valence-corrected chi connectivity index (χ2v) is 4.84. The van der Waals surface area contributed by atoms with Gasteiger partial charge < -0.3 is 11.1 Å². The third-order valence-electron chi connectivity index (χ3n) is 3.18. The monoisotopic (exact) mass is 272 g/mol. The van der Waals surface area contributed by atoms with Gasteiger partial charge in [-0.3, -0.25) is 4.79 Å². The van der Waals surface area contributed by atoms with E-state index in [9.17, 15) is 9.18 Å². The van der Waals surface area contributed by atoms with Crippen molar-refractivity contribution in [1.82, 2.24) is 5.32 Å². The molecule has 0 bridgehead atoms. The molecule has 1 atom stereocenters. The number of nitrogen functional groups attached to an aromatic ring is 1. The van der Waals surface area contributed by atoms with Gasteiger partial charge in [0.2, 0.25) is 0 Å². The molecule has 0 saturated heterocycles. The number of benzene rings is 2. The number of hydrogen-bond donors (Lipinski definition) is 2. The van der Waals surface area contributed by atoms with Gasteiger partial charge in [0.05, 0.1) is 11.6 Å². The number of nitrogens with two attached hydrogens (primary N) is 1. The van der Waals surface area contributed by atoms with Crippen LogP contribution in [0.2, 0.25) is 0 Å². The normalized spacial score (nSPS) is 11.9. The molecule has 104 valence electrons. The molecule has 2 aromatic carbocycles. The van der Waals surface area contributed by atoms with Crippen LogP contribution in [0.5, 0.6) is 0 Å². The quantitative estimate of drug-likeness (QED) is 0.843. The highest BCUT2D eigenvalue weighted by Gasteiger charge is 2.14. The lowest BCUT2D eigenvalue weighted by Gasteiger charge is -2.15. The largest absolute Gasteiger partial charge is 0.398 e. The molecule has 0 saturated carbocycles. The molecule has 2 aromatic rings. The van der Waals surface area contributed by atoms with Crippen molar-refractivity contribution in [2.24, 2.45) is 0 Å². The van der Waals surface area contributed by atoms with Crippen molar-refractivity contribution < 1.29 is 9.18 Å². The van der Waals surface area contributed by atoms with Crippen molar-refractivity contribution >= 4 is 11.6 Å². The maximum Gasteiger partial charge on any atom is 0.253 e. The SMILES string of the molecule is Cc1ccc(C(C)NC(=O)c2ccc(F)cc2N)cc1. The molecular weight excluding hydrogens is 255 g/mol. The van der Waals surface area contributed by atoms with Crippen molar-refractivity contribution in [2.75, 3.05) is 5.73 Å². The highest BCUT2D eigenvalue weighted by Crippen LogP contribution is 2.17. The van der Waals surface area contributed by atoms with Crippen LogP contribution in [0.15, 0.2) is 42.5 Å². The molecule has 0 aliphatic carbocycles. The van der Waals surface area contributed by atoms with Crippen LogP contribution in [0.25, 0.3) is 0 Å². The zero-order chi connectivity index (χ0) is 14.7. The molecule has 20 heavy (non-hydrogen) atoms. The van der Waals surface area contributed by atoms with E-state index >= 15 is 0 Å². The number of amides is 1. The van der Waals surface area contributed by atoms with Crippen LogP contribution in [0.4, 0.5) is 10.1 Å². The number of nitrogens with one attached hydrogen (secondary N) is 1. The minimum absolute atomic E-state index is 0.138. The molecule has 0 aliphatic rings. The zero-order valence-corrected chi connectivity index (χ0v) is 11.5. The maximum absolute atomic E-state index is 13.0. The lowest BCUT2D eigenvalue weighted by atomic mass is 10.1. The van der Waals surface area contributed by atoms with Gasteiger partial charge in [-0.15, -0.1) is 0 Å². The summed E-state index contributed by atoms with van der Waals surface area (Å²) < 4.78 is 13.0. The number of aryl methyl sites for hydroxylation is 1. The van der Waals surface area contributed by atoms with Gasteiger partial charge in [0.1, 0.15) is 5.82 Å². The summed E-state index contributed by atoms with van der Waals surface area (Å²) in [4.78, 5) is 12.1. The second-order valence-electron chi connectivity index (χ2n) is 4.84. The molecule has 0 spiro atoms. The van der Waals surface area contributed by atoms with Crippen LogP contribution in [0.1, 0.15) is 34.5 Å². The molecule has 3 nitrogen and oxygen atoms in total. The first kappa shape index (κ1) is 14.1. The smallest absolute Gasteiger partial charge is 0.253 e. The molecule has 1 unspecified atom stereocenters. The van der Waals surface area contributed by atoms with Crippen molar-refractivity contribution in [3.63, 3.8) is 0 Å². The van der Waals surface area contributed by atoms with Crippen molar-refractivity contribution in [2.45, 2.75) is 19.9 Å². The van der Waals surface area contributed by atoms with Gasteiger partial charge in [-0.05, 0) is 37.6 Å². The predicted octanol–water partition coefficient (Wildman–Crippen LogP) is 3.21. The Hall–Kier alpha value is -2.36. The van der Waals surface area contributed by atoms with E-state index in [4.69, 9.17) is 5.73 Å². The van der Waals surface area contributed by atoms with Crippen molar-refractivity contribution in [1.29, 1.82) is 0 Å². The average Bonchev–Trinajstić information content (AvgIpc) is 2.39. The predicted molar refractivity (Wildman–Crippen MR) is 77.9 cm³/mol. The summed E-state index contributed by atoms with van der Waals surface area (Å²) in [6.07, 6.45) is 0. The third-order valence-corrected chi connectivity index (χ3v) is 3.18. The molecule has 0 heterocycles. The van der Waals surface area contributed by atoms with Crippen LogP contribution in [-0.4, -0.2) is 5.91 Å². The van der Waals surface area contributed by atoms with Gasteiger partial charge in [0, 0.05) is 5.69 Å². The highest BCUT2D eigenvalue weighted by molar-refractivity contribution is 5.99. The van der Waals surface area contributed by atoms with E-state index in [1.165, 1.54) is 12.1 Å². The minimum Gasteiger partial charge on any atom is -0.398 e. The Morgan fingerprint density at radius 1 is 1.20 bits per heavy atom. The summed E-state index contributed by atoms with van der Waals surface area (Å²) in [7, 11) is 0. The first-order valence-electron chi connectivity index (χ1n) is 6.40. The minimum atomic E-state index is -0.453. The number of carbonyl (C=O) groups excluding carboxylic acids is 1. The fourth-order valence-electron chi connectivity index (χ4n) is 1.95. The molecule has 1 amide bonds.